The molecule has 3 rings (SSSR count). The fourth-order valence-corrected chi connectivity index (χ4v) is 5.23. The van der Waals surface area contributed by atoms with Gasteiger partial charge in [-0.25, -0.2) is 4.98 Å². The third-order valence-electron chi connectivity index (χ3n) is 4.84. The van der Waals surface area contributed by atoms with Crippen LogP contribution in [0.2, 0.25) is 0 Å². The SMILES string of the molecule is CCNC1(c2nc3c(s2)CCCC3)CCCCC1OC. The Morgan fingerprint density at radius 1 is 1.30 bits per heavy atom. The van der Waals surface area contributed by atoms with Crippen LogP contribution in [-0.4, -0.2) is 24.7 Å². The molecule has 2 atom stereocenters. The van der Waals surface area contributed by atoms with Crippen molar-refractivity contribution in [2.24, 2.45) is 0 Å². The Bertz CT molecular complexity index is 432. The van der Waals surface area contributed by atoms with Crippen molar-refractivity contribution < 1.29 is 4.74 Å². The molecule has 0 spiro atoms. The highest BCUT2D eigenvalue weighted by Gasteiger charge is 2.44. The van der Waals surface area contributed by atoms with E-state index in [0.29, 0.717) is 0 Å². The lowest BCUT2D eigenvalue weighted by atomic mass is 9.79. The van der Waals surface area contributed by atoms with Gasteiger partial charge in [0.1, 0.15) is 5.01 Å². The molecule has 0 radical (unpaired) electrons. The van der Waals surface area contributed by atoms with Crippen LogP contribution in [0, 0.1) is 0 Å². The number of aryl methyl sites for hydroxylation is 2. The summed E-state index contributed by atoms with van der Waals surface area (Å²) in [4.78, 5) is 6.57. The molecule has 0 aromatic carbocycles. The summed E-state index contributed by atoms with van der Waals surface area (Å²) >= 11 is 1.95. The minimum atomic E-state index is -0.0379. The van der Waals surface area contributed by atoms with Crippen LogP contribution < -0.4 is 5.32 Å². The topological polar surface area (TPSA) is 34.2 Å². The van der Waals surface area contributed by atoms with Gasteiger partial charge in [0.2, 0.25) is 0 Å². The number of aromatic nitrogens is 1. The van der Waals surface area contributed by atoms with Gasteiger partial charge < -0.3 is 10.1 Å². The van der Waals surface area contributed by atoms with Crippen LogP contribution >= 0.6 is 11.3 Å². The van der Waals surface area contributed by atoms with Gasteiger partial charge in [-0.15, -0.1) is 11.3 Å². The van der Waals surface area contributed by atoms with E-state index in [1.54, 1.807) is 0 Å². The first-order valence-corrected chi connectivity index (χ1v) is 8.88. The molecule has 112 valence electrons. The third-order valence-corrected chi connectivity index (χ3v) is 6.18. The molecule has 0 aliphatic heterocycles. The second-order valence-electron chi connectivity index (χ2n) is 6.07. The van der Waals surface area contributed by atoms with E-state index in [-0.39, 0.29) is 11.6 Å². The number of hydrogen-bond donors (Lipinski definition) is 1. The van der Waals surface area contributed by atoms with Gasteiger partial charge >= 0.3 is 0 Å². The number of methoxy groups -OCH3 is 1. The van der Waals surface area contributed by atoms with E-state index >= 15 is 0 Å². The average Bonchev–Trinajstić information content (AvgIpc) is 2.92. The molecule has 1 N–H and O–H groups in total. The van der Waals surface area contributed by atoms with E-state index in [1.165, 1.54) is 54.1 Å². The van der Waals surface area contributed by atoms with Crippen LogP contribution in [0.15, 0.2) is 0 Å². The molecule has 2 aliphatic rings. The summed E-state index contributed by atoms with van der Waals surface area (Å²) in [5, 5.41) is 5.04. The first-order chi connectivity index (χ1) is 9.80. The highest BCUT2D eigenvalue weighted by Crippen LogP contribution is 2.42. The van der Waals surface area contributed by atoms with Crippen LogP contribution in [0.4, 0.5) is 0 Å². The lowest BCUT2D eigenvalue weighted by Gasteiger charge is -2.42. The Hall–Kier alpha value is -0.450. The summed E-state index contributed by atoms with van der Waals surface area (Å²) in [6.07, 6.45) is 10.2. The first-order valence-electron chi connectivity index (χ1n) is 8.07. The van der Waals surface area contributed by atoms with E-state index in [2.05, 4.69) is 12.2 Å². The molecule has 0 saturated heterocycles. The van der Waals surface area contributed by atoms with Crippen LogP contribution in [0.25, 0.3) is 0 Å². The Morgan fingerprint density at radius 3 is 2.90 bits per heavy atom. The largest absolute Gasteiger partial charge is 0.379 e. The summed E-state index contributed by atoms with van der Waals surface area (Å²) in [5.41, 5.74) is 1.33. The predicted octanol–water partition coefficient (Wildman–Crippen LogP) is 3.42. The number of hydrogen-bond acceptors (Lipinski definition) is 4. The molecule has 0 bridgehead atoms. The van der Waals surface area contributed by atoms with Gasteiger partial charge in [-0.3, -0.25) is 0 Å². The maximum absolute atomic E-state index is 5.85. The number of rotatable bonds is 4. The zero-order valence-electron chi connectivity index (χ0n) is 12.7. The van der Waals surface area contributed by atoms with Crippen molar-refractivity contribution in [2.45, 2.75) is 69.9 Å². The van der Waals surface area contributed by atoms with Crippen molar-refractivity contribution in [1.29, 1.82) is 0 Å². The summed E-state index contributed by atoms with van der Waals surface area (Å²) in [5.74, 6) is 0. The van der Waals surface area contributed by atoms with E-state index in [0.717, 1.165) is 19.4 Å². The molecule has 3 nitrogen and oxygen atoms in total. The monoisotopic (exact) mass is 294 g/mol. The van der Waals surface area contributed by atoms with Crippen molar-refractivity contribution >= 4 is 11.3 Å². The van der Waals surface area contributed by atoms with Crippen LogP contribution in [0.3, 0.4) is 0 Å². The van der Waals surface area contributed by atoms with Crippen molar-refractivity contribution in [1.82, 2.24) is 10.3 Å². The third kappa shape index (κ3) is 2.42. The maximum Gasteiger partial charge on any atom is 0.116 e. The van der Waals surface area contributed by atoms with E-state index in [1.807, 2.05) is 18.4 Å². The summed E-state index contributed by atoms with van der Waals surface area (Å²) in [7, 11) is 1.86. The molecular weight excluding hydrogens is 268 g/mol. The van der Waals surface area contributed by atoms with E-state index in [9.17, 15) is 0 Å². The number of fused-ring (bicyclic) bond motifs is 1. The molecule has 2 unspecified atom stereocenters. The van der Waals surface area contributed by atoms with Crippen LogP contribution in [0.5, 0.6) is 0 Å². The first kappa shape index (κ1) is 14.5. The smallest absolute Gasteiger partial charge is 0.116 e. The number of thiazole rings is 1. The number of nitrogens with zero attached hydrogens (tertiary/aromatic N) is 1. The lowest BCUT2D eigenvalue weighted by Crippen LogP contribution is -2.54. The Morgan fingerprint density at radius 2 is 2.15 bits per heavy atom. The second kappa shape index (κ2) is 6.12. The fourth-order valence-electron chi connectivity index (χ4n) is 3.84. The van der Waals surface area contributed by atoms with E-state index in [4.69, 9.17) is 9.72 Å². The molecule has 1 fully saturated rings. The average molecular weight is 294 g/mol. The second-order valence-corrected chi connectivity index (χ2v) is 7.15. The molecule has 1 aromatic rings. The zero-order chi connectivity index (χ0) is 14.0. The minimum Gasteiger partial charge on any atom is -0.379 e. The molecule has 0 amide bonds. The number of nitrogens with one attached hydrogen (secondary N) is 1. The normalized spacial score (nSPS) is 30.2. The summed E-state index contributed by atoms with van der Waals surface area (Å²) < 4.78 is 5.85. The summed E-state index contributed by atoms with van der Waals surface area (Å²) in [6.45, 7) is 3.17. The standard InChI is InChI=1S/C16H26N2OS/c1-3-17-16(11-7-6-10-14(16)19-2)15-18-12-8-4-5-9-13(12)20-15/h14,17H,3-11H2,1-2H3. The molecule has 1 saturated carbocycles. The van der Waals surface area contributed by atoms with Crippen molar-refractivity contribution in [2.75, 3.05) is 13.7 Å². The van der Waals surface area contributed by atoms with E-state index < -0.39 is 0 Å². The van der Waals surface area contributed by atoms with Gasteiger partial charge in [0.25, 0.3) is 0 Å². The number of ether oxygens (including phenoxy) is 1. The van der Waals surface area contributed by atoms with Crippen molar-refractivity contribution in [3.8, 4) is 0 Å². The Kier molecular flexibility index (Phi) is 4.43. The van der Waals surface area contributed by atoms with Crippen molar-refractivity contribution in [3.63, 3.8) is 0 Å². The zero-order valence-corrected chi connectivity index (χ0v) is 13.5. The molecule has 2 aliphatic carbocycles. The highest BCUT2D eigenvalue weighted by atomic mass is 32.1. The molecule has 1 heterocycles. The van der Waals surface area contributed by atoms with Gasteiger partial charge in [-0.2, -0.15) is 0 Å². The molecule has 1 aromatic heterocycles. The van der Waals surface area contributed by atoms with Gasteiger partial charge in [-0.1, -0.05) is 19.8 Å². The lowest BCUT2D eigenvalue weighted by molar-refractivity contribution is -0.0148. The Labute approximate surface area is 126 Å². The van der Waals surface area contributed by atoms with Gasteiger partial charge in [0.05, 0.1) is 17.3 Å². The Balaban J connectivity index is 1.98. The van der Waals surface area contributed by atoms with Gasteiger partial charge in [0.15, 0.2) is 0 Å². The van der Waals surface area contributed by atoms with Crippen LogP contribution in [-0.2, 0) is 23.1 Å². The molecule has 4 heteroatoms. The highest BCUT2D eigenvalue weighted by molar-refractivity contribution is 7.11. The predicted molar refractivity (Wildman–Crippen MR) is 83.4 cm³/mol. The summed E-state index contributed by atoms with van der Waals surface area (Å²) in [6, 6.07) is 0. The maximum atomic E-state index is 5.85. The molecule has 20 heavy (non-hydrogen) atoms. The number of likely N-dealkylation sites (N-methyl/N-ethyl adjacent to an activating group) is 1. The van der Waals surface area contributed by atoms with Crippen molar-refractivity contribution in [3.05, 3.63) is 15.6 Å². The quantitative estimate of drug-likeness (QED) is 0.924. The van der Waals surface area contributed by atoms with Gasteiger partial charge in [0, 0.05) is 12.0 Å². The van der Waals surface area contributed by atoms with Crippen LogP contribution in [0.1, 0.15) is 61.0 Å². The van der Waals surface area contributed by atoms with Gasteiger partial charge in [-0.05, 0) is 45.1 Å². The fraction of sp³-hybridized carbons (Fsp3) is 0.812. The minimum absolute atomic E-state index is 0.0379. The molecular formula is C16H26N2OS.